The maximum Gasteiger partial charge on any atom is 0.284 e. The third-order valence-corrected chi connectivity index (χ3v) is 8.97. The van der Waals surface area contributed by atoms with Gasteiger partial charge < -0.3 is 5.32 Å². The average molecular weight is 543 g/mol. The van der Waals surface area contributed by atoms with Crippen LogP contribution >= 0.6 is 7.59 Å². The molecule has 0 spiro atoms. The van der Waals surface area contributed by atoms with Crippen molar-refractivity contribution in [3.8, 4) is 0 Å². The van der Waals surface area contributed by atoms with Crippen LogP contribution in [0, 0.1) is 0 Å². The minimum absolute atomic E-state index is 0.00542. The Hall–Kier alpha value is -2.00. The van der Waals surface area contributed by atoms with Crippen molar-refractivity contribution >= 4 is 36.6 Å². The maximum atomic E-state index is 14.8. The van der Waals surface area contributed by atoms with Crippen molar-refractivity contribution in [3.63, 3.8) is 0 Å². The summed E-state index contributed by atoms with van der Waals surface area (Å²) >= 11 is 0. The number of nitrogens with one attached hydrogen (secondary N) is 2. The van der Waals surface area contributed by atoms with E-state index in [0.29, 0.717) is 25.7 Å². The minimum atomic E-state index is -3.64. The Morgan fingerprint density at radius 1 is 0.649 bits per heavy atom. The van der Waals surface area contributed by atoms with Crippen molar-refractivity contribution in [2.75, 3.05) is 39.3 Å². The largest absolute Gasteiger partial charge is 0.351 e. The SMILES string of the molecule is CC=CC(=O)NCCNP(=O)(N(CCC(=O)CC)CCC(=O)CC)N(CCC(=O)CC)CCC(=O)CC. The Kier molecular flexibility index (Phi) is 18.9. The van der Waals surface area contributed by atoms with Gasteiger partial charge in [0.25, 0.3) is 7.59 Å². The monoisotopic (exact) mass is 542 g/mol. The first-order valence-electron chi connectivity index (χ1n) is 13.4. The molecule has 0 aromatic carbocycles. The van der Waals surface area contributed by atoms with E-state index in [1.807, 2.05) is 0 Å². The van der Waals surface area contributed by atoms with E-state index in [9.17, 15) is 28.5 Å². The summed E-state index contributed by atoms with van der Waals surface area (Å²) in [4.78, 5) is 60.4. The number of carbonyl (C=O) groups excluding carboxylic acids is 5. The molecule has 11 heteroatoms. The van der Waals surface area contributed by atoms with E-state index in [-0.39, 0.29) is 94.0 Å². The number of hydrogen-bond acceptors (Lipinski definition) is 6. The molecule has 0 aliphatic carbocycles. The smallest absolute Gasteiger partial charge is 0.284 e. The molecular formula is C26H47N4O6P. The summed E-state index contributed by atoms with van der Waals surface area (Å²) in [5.41, 5.74) is 0. The van der Waals surface area contributed by atoms with E-state index in [1.165, 1.54) is 6.08 Å². The molecule has 0 bridgehead atoms. The number of rotatable bonds is 23. The fraction of sp³-hybridized carbons (Fsp3) is 0.731. The predicted molar refractivity (Wildman–Crippen MR) is 146 cm³/mol. The van der Waals surface area contributed by atoms with Crippen LogP contribution in [0.5, 0.6) is 0 Å². The first-order valence-corrected chi connectivity index (χ1v) is 15.0. The molecule has 37 heavy (non-hydrogen) atoms. The Morgan fingerprint density at radius 2 is 1.00 bits per heavy atom. The quantitative estimate of drug-likeness (QED) is 0.113. The molecule has 0 unspecified atom stereocenters. The summed E-state index contributed by atoms with van der Waals surface area (Å²) in [6, 6.07) is 0. The highest BCUT2D eigenvalue weighted by atomic mass is 31.2. The fourth-order valence-electron chi connectivity index (χ4n) is 3.46. The van der Waals surface area contributed by atoms with Crippen molar-refractivity contribution < 1.29 is 28.5 Å². The Bertz CT molecular complexity index is 742. The molecule has 0 heterocycles. The summed E-state index contributed by atoms with van der Waals surface area (Å²) in [6.07, 6.45) is 5.02. The molecule has 10 nitrogen and oxygen atoms in total. The average Bonchev–Trinajstić information content (AvgIpc) is 2.89. The highest BCUT2D eigenvalue weighted by Gasteiger charge is 2.37. The van der Waals surface area contributed by atoms with Gasteiger partial charge in [0.1, 0.15) is 23.1 Å². The number of Topliss-reactive ketones (excluding diaryl/α,β-unsaturated/α-hetero) is 4. The summed E-state index contributed by atoms with van der Waals surface area (Å²) < 4.78 is 18.0. The molecule has 2 N–H and O–H groups in total. The predicted octanol–water partition coefficient (Wildman–Crippen LogP) is 3.46. The number of allylic oxidation sites excluding steroid dienone is 1. The topological polar surface area (TPSA) is 133 Å². The second-order valence-corrected chi connectivity index (χ2v) is 11.3. The molecule has 0 saturated heterocycles. The zero-order valence-corrected chi connectivity index (χ0v) is 24.2. The molecule has 0 radical (unpaired) electrons. The van der Waals surface area contributed by atoms with E-state index in [0.717, 1.165) is 0 Å². The highest BCUT2D eigenvalue weighted by Crippen LogP contribution is 2.49. The Labute approximate surface area is 222 Å². The maximum absolute atomic E-state index is 14.8. The van der Waals surface area contributed by atoms with Gasteiger partial charge in [-0.1, -0.05) is 33.8 Å². The highest BCUT2D eigenvalue weighted by molar-refractivity contribution is 7.57. The lowest BCUT2D eigenvalue weighted by Crippen LogP contribution is -2.43. The molecule has 0 aliphatic heterocycles. The van der Waals surface area contributed by atoms with E-state index in [1.54, 1.807) is 50.0 Å². The van der Waals surface area contributed by atoms with Gasteiger partial charge in [-0.25, -0.2) is 14.4 Å². The van der Waals surface area contributed by atoms with Gasteiger partial charge in [-0.05, 0) is 13.0 Å². The van der Waals surface area contributed by atoms with Gasteiger partial charge in [-0.15, -0.1) is 0 Å². The molecule has 0 aromatic heterocycles. The first kappa shape index (κ1) is 35.0. The van der Waals surface area contributed by atoms with Crippen molar-refractivity contribution in [1.82, 2.24) is 19.7 Å². The van der Waals surface area contributed by atoms with Gasteiger partial charge in [0, 0.05) is 90.6 Å². The van der Waals surface area contributed by atoms with Gasteiger partial charge in [0.2, 0.25) is 5.91 Å². The number of amides is 1. The van der Waals surface area contributed by atoms with Crippen LogP contribution in [0.25, 0.3) is 0 Å². The third-order valence-electron chi connectivity index (χ3n) is 6.00. The second-order valence-electron chi connectivity index (χ2n) is 8.72. The van der Waals surface area contributed by atoms with Gasteiger partial charge in [0.15, 0.2) is 0 Å². The molecule has 0 aliphatic rings. The van der Waals surface area contributed by atoms with Crippen LogP contribution in [0.15, 0.2) is 12.2 Å². The molecular weight excluding hydrogens is 495 g/mol. The normalized spacial score (nSPS) is 11.9. The van der Waals surface area contributed by atoms with Crippen molar-refractivity contribution in [1.29, 1.82) is 0 Å². The van der Waals surface area contributed by atoms with Crippen molar-refractivity contribution in [3.05, 3.63) is 12.2 Å². The zero-order valence-electron chi connectivity index (χ0n) is 23.3. The van der Waals surface area contributed by atoms with Gasteiger partial charge >= 0.3 is 0 Å². The summed E-state index contributed by atoms with van der Waals surface area (Å²) in [5, 5.41) is 5.79. The van der Waals surface area contributed by atoms with Gasteiger partial charge in [-0.3, -0.25) is 28.5 Å². The Morgan fingerprint density at radius 3 is 1.30 bits per heavy atom. The number of hydrogen-bond donors (Lipinski definition) is 2. The van der Waals surface area contributed by atoms with Crippen LogP contribution in [-0.2, 0) is 28.5 Å². The third kappa shape index (κ3) is 14.5. The summed E-state index contributed by atoms with van der Waals surface area (Å²) in [6.45, 7) is 9.78. The number of carbonyl (C=O) groups is 5. The van der Waals surface area contributed by atoms with Crippen LogP contribution in [0.3, 0.4) is 0 Å². The van der Waals surface area contributed by atoms with Crippen LogP contribution in [0.1, 0.15) is 86.0 Å². The number of ketones is 4. The molecule has 1 amide bonds. The molecule has 0 saturated carbocycles. The van der Waals surface area contributed by atoms with Crippen LogP contribution in [-0.4, -0.2) is 77.6 Å². The van der Waals surface area contributed by atoms with Crippen LogP contribution in [0.2, 0.25) is 0 Å². The lowest BCUT2D eigenvalue weighted by molar-refractivity contribution is -0.120. The fourth-order valence-corrected chi connectivity index (χ4v) is 6.11. The molecule has 0 aromatic rings. The molecule has 0 rings (SSSR count). The van der Waals surface area contributed by atoms with Crippen LogP contribution < -0.4 is 10.4 Å². The van der Waals surface area contributed by atoms with Crippen molar-refractivity contribution in [2.45, 2.75) is 86.0 Å². The first-order chi connectivity index (χ1) is 17.6. The summed E-state index contributed by atoms with van der Waals surface area (Å²) in [5.74, 6) is -0.259. The lowest BCUT2D eigenvalue weighted by atomic mass is 10.2. The number of nitrogens with zero attached hydrogens (tertiary/aromatic N) is 2. The second kappa shape index (κ2) is 20.0. The van der Waals surface area contributed by atoms with Crippen molar-refractivity contribution in [2.24, 2.45) is 0 Å². The molecule has 0 atom stereocenters. The van der Waals surface area contributed by atoms with Gasteiger partial charge in [0.05, 0.1) is 0 Å². The molecule has 0 fully saturated rings. The van der Waals surface area contributed by atoms with Gasteiger partial charge in [-0.2, -0.15) is 0 Å². The summed E-state index contributed by atoms with van der Waals surface area (Å²) in [7, 11) is -3.64. The van der Waals surface area contributed by atoms with E-state index < -0.39 is 7.59 Å². The van der Waals surface area contributed by atoms with E-state index in [4.69, 9.17) is 0 Å². The van der Waals surface area contributed by atoms with E-state index >= 15 is 0 Å². The standard InChI is InChI=1S/C26H47N4O6P/c1-6-11-26(35)27-16-17-28-37(36,29(18-12-22(31)7-2)19-13-23(32)8-3)30(20-14-24(33)9-4)21-15-25(34)10-5/h6,11H,7-10,12-21H2,1-5H3,(H,27,35)(H,28,36). The Balaban J connectivity index is 6.17. The minimum Gasteiger partial charge on any atom is -0.351 e. The molecule has 212 valence electrons. The lowest BCUT2D eigenvalue weighted by Gasteiger charge is -2.39. The zero-order chi connectivity index (χ0) is 28.3. The van der Waals surface area contributed by atoms with Crippen LogP contribution in [0.4, 0.5) is 0 Å². The van der Waals surface area contributed by atoms with E-state index in [2.05, 4.69) is 10.4 Å².